The fourth-order valence-corrected chi connectivity index (χ4v) is 2.96. The Balaban J connectivity index is 0.00000261. The molecule has 6 nitrogen and oxygen atoms in total. The second-order valence-corrected chi connectivity index (χ2v) is 6.32. The Kier molecular flexibility index (Phi) is 7.20. The average molecular weight is 404 g/mol. The summed E-state index contributed by atoms with van der Waals surface area (Å²) in [5, 5.41) is 12.9. The number of nitrogens with one attached hydrogen (secondary N) is 2. The summed E-state index contributed by atoms with van der Waals surface area (Å²) < 4.78 is 41.5. The van der Waals surface area contributed by atoms with Gasteiger partial charge < -0.3 is 10.6 Å². The van der Waals surface area contributed by atoms with Crippen LogP contribution in [0.2, 0.25) is 0 Å². The molecule has 1 fully saturated rings. The summed E-state index contributed by atoms with van der Waals surface area (Å²) in [4.78, 5) is 12.2. The van der Waals surface area contributed by atoms with Gasteiger partial charge in [0.25, 0.3) is 5.91 Å². The molecule has 0 spiro atoms. The van der Waals surface area contributed by atoms with Gasteiger partial charge in [-0.3, -0.25) is 4.79 Å². The van der Waals surface area contributed by atoms with Crippen molar-refractivity contribution in [2.75, 3.05) is 13.1 Å². The Bertz CT molecular complexity index is 732. The summed E-state index contributed by atoms with van der Waals surface area (Å²) >= 11 is 0. The van der Waals surface area contributed by atoms with Gasteiger partial charge in [-0.05, 0) is 31.5 Å². The second-order valence-electron chi connectivity index (χ2n) is 6.32. The van der Waals surface area contributed by atoms with Crippen LogP contribution in [0.1, 0.15) is 34.9 Å². The molecule has 1 aliphatic rings. The molecule has 0 radical (unpaired) electrons. The lowest BCUT2D eigenvalue weighted by Gasteiger charge is -2.22. The van der Waals surface area contributed by atoms with Crippen molar-refractivity contribution in [1.82, 2.24) is 25.6 Å². The average Bonchev–Trinajstić information content (AvgIpc) is 3.12. The van der Waals surface area contributed by atoms with Gasteiger partial charge in [-0.25, -0.2) is 4.68 Å². The van der Waals surface area contributed by atoms with Gasteiger partial charge in [-0.2, -0.15) is 13.2 Å². The molecule has 3 rings (SSSR count). The van der Waals surface area contributed by atoms with Crippen LogP contribution in [0, 0.1) is 0 Å². The molecule has 27 heavy (non-hydrogen) atoms. The van der Waals surface area contributed by atoms with Crippen molar-refractivity contribution < 1.29 is 18.0 Å². The van der Waals surface area contributed by atoms with Crippen LogP contribution in [0.4, 0.5) is 13.2 Å². The van der Waals surface area contributed by atoms with E-state index in [1.165, 1.54) is 6.20 Å². The van der Waals surface area contributed by atoms with Crippen LogP contribution in [0.5, 0.6) is 0 Å². The molecule has 1 amide bonds. The molecule has 10 heteroatoms. The third kappa shape index (κ3) is 5.67. The molecular weight excluding hydrogens is 383 g/mol. The van der Waals surface area contributed by atoms with Crippen LogP contribution >= 0.6 is 12.4 Å². The van der Waals surface area contributed by atoms with Gasteiger partial charge in [-0.15, -0.1) is 17.5 Å². The highest BCUT2D eigenvalue weighted by Gasteiger charge is 2.41. The number of hydrogen-bond acceptors (Lipinski definition) is 4. The lowest BCUT2D eigenvalue weighted by molar-refractivity contribution is -0.153. The van der Waals surface area contributed by atoms with E-state index in [-0.39, 0.29) is 30.6 Å². The van der Waals surface area contributed by atoms with Crippen molar-refractivity contribution in [2.24, 2.45) is 0 Å². The third-order valence-electron chi connectivity index (χ3n) is 4.41. The van der Waals surface area contributed by atoms with Crippen molar-refractivity contribution in [2.45, 2.75) is 37.5 Å². The molecule has 1 unspecified atom stereocenters. The van der Waals surface area contributed by atoms with Gasteiger partial charge in [0.1, 0.15) is 6.04 Å². The van der Waals surface area contributed by atoms with Crippen molar-refractivity contribution in [1.29, 1.82) is 0 Å². The number of halogens is 4. The van der Waals surface area contributed by atoms with Gasteiger partial charge in [0.05, 0.1) is 12.2 Å². The number of hydrogen-bond donors (Lipinski definition) is 2. The van der Waals surface area contributed by atoms with Gasteiger partial charge in [0, 0.05) is 6.42 Å². The van der Waals surface area contributed by atoms with Gasteiger partial charge in [0.2, 0.25) is 0 Å². The molecule has 1 aromatic heterocycles. The number of benzene rings is 1. The molecule has 1 saturated heterocycles. The number of carbonyl (C=O) groups excluding carboxylic acids is 1. The zero-order chi connectivity index (χ0) is 18.6. The van der Waals surface area contributed by atoms with Gasteiger partial charge >= 0.3 is 6.18 Å². The minimum Gasteiger partial charge on any atom is -0.339 e. The highest BCUT2D eigenvalue weighted by molar-refractivity contribution is 5.92. The molecule has 0 aliphatic carbocycles. The van der Waals surface area contributed by atoms with Crippen LogP contribution in [-0.2, 0) is 6.42 Å². The first-order chi connectivity index (χ1) is 12.4. The lowest BCUT2D eigenvalue weighted by atomic mass is 10.1. The summed E-state index contributed by atoms with van der Waals surface area (Å²) in [6, 6.07) is 6.36. The quantitative estimate of drug-likeness (QED) is 0.804. The third-order valence-corrected chi connectivity index (χ3v) is 4.41. The number of rotatable bonds is 5. The number of aromatic nitrogens is 3. The predicted molar refractivity (Wildman–Crippen MR) is 95.9 cm³/mol. The number of alkyl halides is 3. The van der Waals surface area contributed by atoms with E-state index >= 15 is 0 Å². The van der Waals surface area contributed by atoms with E-state index in [2.05, 4.69) is 15.6 Å². The summed E-state index contributed by atoms with van der Waals surface area (Å²) in [6.45, 7) is 1.67. The molecule has 0 bridgehead atoms. The number of piperidine rings is 1. The van der Waals surface area contributed by atoms with Crippen LogP contribution in [-0.4, -0.2) is 46.2 Å². The van der Waals surface area contributed by atoms with Crippen molar-refractivity contribution >= 4 is 18.3 Å². The maximum absolute atomic E-state index is 13.3. The normalized spacial score (nSPS) is 16.4. The zero-order valence-corrected chi connectivity index (χ0v) is 15.3. The van der Waals surface area contributed by atoms with E-state index in [0.29, 0.717) is 5.56 Å². The standard InChI is InChI=1S/C17H20F3N5O.ClH/c18-17(19,20)15(10-12-4-2-1-3-5-12)22-16(26)14-11-25(24-23-14)13-6-8-21-9-7-13;/h1-5,11,13,15,21H,6-10H2,(H,22,26);1H. The molecule has 1 aliphatic heterocycles. The molecule has 148 valence electrons. The van der Waals surface area contributed by atoms with E-state index in [1.807, 2.05) is 5.32 Å². The van der Waals surface area contributed by atoms with Crippen LogP contribution in [0.25, 0.3) is 0 Å². The highest BCUT2D eigenvalue weighted by atomic mass is 35.5. The zero-order valence-electron chi connectivity index (χ0n) is 14.4. The van der Waals surface area contributed by atoms with Gasteiger partial charge in [0.15, 0.2) is 5.69 Å². The number of carbonyl (C=O) groups is 1. The van der Waals surface area contributed by atoms with Crippen LogP contribution in [0.3, 0.4) is 0 Å². The highest BCUT2D eigenvalue weighted by Crippen LogP contribution is 2.24. The minimum atomic E-state index is -4.56. The number of amides is 1. The molecule has 2 N–H and O–H groups in total. The van der Waals surface area contributed by atoms with Crippen LogP contribution < -0.4 is 10.6 Å². The number of nitrogens with zero attached hydrogens (tertiary/aromatic N) is 3. The summed E-state index contributed by atoms with van der Waals surface area (Å²) in [6.07, 6.45) is -1.80. The molecule has 1 aromatic carbocycles. The first kappa shape index (κ1) is 21.2. The SMILES string of the molecule is Cl.O=C(NC(Cc1ccccc1)C(F)(F)F)c1cn(C2CCNCC2)nn1. The molecule has 1 atom stereocenters. The van der Waals surface area contributed by atoms with Gasteiger partial charge in [-0.1, -0.05) is 35.5 Å². The van der Waals surface area contributed by atoms with E-state index in [0.717, 1.165) is 25.9 Å². The van der Waals surface area contributed by atoms with E-state index < -0.39 is 18.1 Å². The fraction of sp³-hybridized carbons (Fsp3) is 0.471. The first-order valence-electron chi connectivity index (χ1n) is 8.47. The Hall–Kier alpha value is -2.13. The topological polar surface area (TPSA) is 71.8 Å². The molecular formula is C17H21ClF3N5O. The maximum Gasteiger partial charge on any atom is 0.408 e. The summed E-state index contributed by atoms with van der Waals surface area (Å²) in [5.41, 5.74) is 0.388. The van der Waals surface area contributed by atoms with Crippen LogP contribution in [0.15, 0.2) is 36.5 Å². The maximum atomic E-state index is 13.3. The van der Waals surface area contributed by atoms with Crippen molar-refractivity contribution in [3.63, 3.8) is 0 Å². The smallest absolute Gasteiger partial charge is 0.339 e. The second kappa shape index (κ2) is 9.18. The molecule has 2 heterocycles. The van der Waals surface area contributed by atoms with E-state index in [4.69, 9.17) is 0 Å². The lowest BCUT2D eigenvalue weighted by Crippen LogP contribution is -2.47. The Labute approximate surface area is 160 Å². The molecule has 0 saturated carbocycles. The Morgan fingerprint density at radius 1 is 1.26 bits per heavy atom. The monoisotopic (exact) mass is 403 g/mol. The van der Waals surface area contributed by atoms with Crippen molar-refractivity contribution in [3.8, 4) is 0 Å². The Morgan fingerprint density at radius 2 is 1.93 bits per heavy atom. The van der Waals surface area contributed by atoms with Crippen molar-refractivity contribution in [3.05, 3.63) is 47.8 Å². The predicted octanol–water partition coefficient (Wildman–Crippen LogP) is 2.53. The van der Waals surface area contributed by atoms with E-state index in [9.17, 15) is 18.0 Å². The summed E-state index contributed by atoms with van der Waals surface area (Å²) in [7, 11) is 0. The minimum absolute atomic E-state index is 0. The largest absolute Gasteiger partial charge is 0.408 e. The Morgan fingerprint density at radius 3 is 2.56 bits per heavy atom. The fourth-order valence-electron chi connectivity index (χ4n) is 2.96. The first-order valence-corrected chi connectivity index (χ1v) is 8.47. The van der Waals surface area contributed by atoms with E-state index in [1.54, 1.807) is 35.0 Å². The summed E-state index contributed by atoms with van der Waals surface area (Å²) in [5.74, 6) is -0.872. The molecule has 2 aromatic rings.